The van der Waals surface area contributed by atoms with Gasteiger partial charge in [0.05, 0.1) is 12.7 Å². The molecule has 0 unspecified atom stereocenters. The number of furan rings is 1. The summed E-state index contributed by atoms with van der Waals surface area (Å²) in [4.78, 5) is 16.3. The third kappa shape index (κ3) is 3.04. The van der Waals surface area contributed by atoms with E-state index in [1.807, 2.05) is 26.0 Å². The smallest absolute Gasteiger partial charge is 0.230 e. The number of carbonyl (C=O) groups is 1. The summed E-state index contributed by atoms with van der Waals surface area (Å²) in [5.41, 5.74) is 3.98. The highest BCUT2D eigenvalue weighted by atomic mass is 79.9. The van der Waals surface area contributed by atoms with Crippen molar-refractivity contribution >= 4 is 38.6 Å². The van der Waals surface area contributed by atoms with E-state index in [-0.39, 0.29) is 12.3 Å². The Balaban J connectivity index is 1.81. The molecule has 5 heteroatoms. The number of halogens is 1. The fraction of sp³-hybridized carbons (Fsp3) is 0.176. The topological polar surface area (TPSA) is 55.1 Å². The van der Waals surface area contributed by atoms with Gasteiger partial charge in [0.2, 0.25) is 5.91 Å². The molecular formula is C17H15BrN2O2. The van der Waals surface area contributed by atoms with Crippen LogP contribution >= 0.6 is 15.9 Å². The zero-order chi connectivity index (χ0) is 15.7. The Kier molecular flexibility index (Phi) is 3.98. The number of aromatic nitrogens is 1. The predicted molar refractivity (Wildman–Crippen MR) is 90.0 cm³/mol. The SMILES string of the molecule is Cc1cc(C)c2c(CC(=O)Nc3ccc(Br)cn3)coc2c1. The molecule has 3 rings (SSSR count). The Morgan fingerprint density at radius 3 is 2.86 bits per heavy atom. The molecule has 1 N–H and O–H groups in total. The van der Waals surface area contributed by atoms with Gasteiger partial charge >= 0.3 is 0 Å². The Morgan fingerprint density at radius 1 is 1.32 bits per heavy atom. The second-order valence-electron chi connectivity index (χ2n) is 5.30. The summed E-state index contributed by atoms with van der Waals surface area (Å²) >= 11 is 3.31. The van der Waals surface area contributed by atoms with Crippen LogP contribution in [0.5, 0.6) is 0 Å². The monoisotopic (exact) mass is 358 g/mol. The van der Waals surface area contributed by atoms with Gasteiger partial charge in [0, 0.05) is 21.6 Å². The third-order valence-electron chi connectivity index (χ3n) is 3.44. The number of amides is 1. The summed E-state index contributed by atoms with van der Waals surface area (Å²) in [6, 6.07) is 7.67. The average molecular weight is 359 g/mol. The average Bonchev–Trinajstić information content (AvgIpc) is 2.84. The van der Waals surface area contributed by atoms with Gasteiger partial charge in [-0.1, -0.05) is 6.07 Å². The van der Waals surface area contributed by atoms with E-state index in [9.17, 15) is 4.79 Å². The lowest BCUT2D eigenvalue weighted by Crippen LogP contribution is -2.15. The van der Waals surface area contributed by atoms with Crippen molar-refractivity contribution in [1.82, 2.24) is 4.98 Å². The molecule has 112 valence electrons. The van der Waals surface area contributed by atoms with E-state index in [0.29, 0.717) is 5.82 Å². The van der Waals surface area contributed by atoms with Gasteiger partial charge in [0.25, 0.3) is 0 Å². The van der Waals surface area contributed by atoms with E-state index in [2.05, 4.69) is 32.3 Å². The van der Waals surface area contributed by atoms with Gasteiger partial charge in [0.1, 0.15) is 11.4 Å². The van der Waals surface area contributed by atoms with Crippen LogP contribution < -0.4 is 5.32 Å². The van der Waals surface area contributed by atoms with Crippen LogP contribution in [0.3, 0.4) is 0 Å². The Bertz CT molecular complexity index is 838. The second kappa shape index (κ2) is 5.93. The van der Waals surface area contributed by atoms with Gasteiger partial charge in [-0.3, -0.25) is 4.79 Å². The number of hydrogen-bond donors (Lipinski definition) is 1. The molecule has 2 heterocycles. The molecule has 0 saturated heterocycles. The van der Waals surface area contributed by atoms with Gasteiger partial charge in [-0.2, -0.15) is 0 Å². The molecule has 4 nitrogen and oxygen atoms in total. The number of nitrogens with zero attached hydrogens (tertiary/aromatic N) is 1. The van der Waals surface area contributed by atoms with Gasteiger partial charge in [-0.25, -0.2) is 4.98 Å². The van der Waals surface area contributed by atoms with Crippen LogP contribution in [0.4, 0.5) is 5.82 Å². The zero-order valence-corrected chi connectivity index (χ0v) is 13.9. The number of nitrogens with one attached hydrogen (secondary N) is 1. The lowest BCUT2D eigenvalue weighted by Gasteiger charge is -2.05. The minimum absolute atomic E-state index is 0.113. The summed E-state index contributed by atoms with van der Waals surface area (Å²) in [5.74, 6) is 0.422. The van der Waals surface area contributed by atoms with E-state index in [1.54, 1.807) is 18.5 Å². The molecular weight excluding hydrogens is 344 g/mol. The fourth-order valence-corrected chi connectivity index (χ4v) is 2.80. The molecule has 1 amide bonds. The van der Waals surface area contributed by atoms with Crippen molar-refractivity contribution in [2.24, 2.45) is 0 Å². The fourth-order valence-electron chi connectivity index (χ4n) is 2.57. The Hall–Kier alpha value is -2.14. The molecule has 3 aromatic rings. The maximum Gasteiger partial charge on any atom is 0.230 e. The van der Waals surface area contributed by atoms with Crippen molar-refractivity contribution in [3.8, 4) is 0 Å². The largest absolute Gasteiger partial charge is 0.464 e. The normalized spacial score (nSPS) is 10.9. The first-order valence-corrected chi connectivity index (χ1v) is 7.71. The number of benzene rings is 1. The highest BCUT2D eigenvalue weighted by molar-refractivity contribution is 9.10. The number of carbonyl (C=O) groups excluding carboxylic acids is 1. The van der Waals surface area contributed by atoms with Crippen molar-refractivity contribution in [2.75, 3.05) is 5.32 Å². The molecule has 22 heavy (non-hydrogen) atoms. The van der Waals surface area contributed by atoms with E-state index < -0.39 is 0 Å². The van der Waals surface area contributed by atoms with E-state index in [4.69, 9.17) is 4.42 Å². The maximum atomic E-state index is 12.2. The molecule has 0 atom stereocenters. The van der Waals surface area contributed by atoms with E-state index in [0.717, 1.165) is 32.1 Å². The summed E-state index contributed by atoms with van der Waals surface area (Å²) < 4.78 is 6.45. The first-order valence-electron chi connectivity index (χ1n) is 6.91. The highest BCUT2D eigenvalue weighted by Crippen LogP contribution is 2.26. The van der Waals surface area contributed by atoms with E-state index in [1.165, 1.54) is 0 Å². The first kappa shape index (κ1) is 14.8. The molecule has 2 aromatic heterocycles. The summed E-state index contributed by atoms with van der Waals surface area (Å²) in [7, 11) is 0. The summed E-state index contributed by atoms with van der Waals surface area (Å²) in [6.45, 7) is 4.06. The maximum absolute atomic E-state index is 12.2. The van der Waals surface area contributed by atoms with Crippen LogP contribution in [-0.2, 0) is 11.2 Å². The molecule has 0 fully saturated rings. The van der Waals surface area contributed by atoms with Crippen LogP contribution in [0.15, 0.2) is 45.6 Å². The van der Waals surface area contributed by atoms with Crippen LogP contribution in [0.1, 0.15) is 16.7 Å². The number of pyridine rings is 1. The van der Waals surface area contributed by atoms with Crippen LogP contribution in [-0.4, -0.2) is 10.9 Å². The van der Waals surface area contributed by atoms with Crippen molar-refractivity contribution < 1.29 is 9.21 Å². The van der Waals surface area contributed by atoms with Crippen molar-refractivity contribution in [3.05, 3.63) is 57.9 Å². The Labute approximate surface area is 136 Å². The third-order valence-corrected chi connectivity index (χ3v) is 3.91. The summed E-state index contributed by atoms with van der Waals surface area (Å²) in [5, 5.41) is 3.81. The van der Waals surface area contributed by atoms with Crippen molar-refractivity contribution in [3.63, 3.8) is 0 Å². The quantitative estimate of drug-likeness (QED) is 0.755. The molecule has 0 aliphatic carbocycles. The number of anilines is 1. The number of fused-ring (bicyclic) bond motifs is 1. The second-order valence-corrected chi connectivity index (χ2v) is 6.22. The number of rotatable bonds is 3. The van der Waals surface area contributed by atoms with Crippen molar-refractivity contribution in [1.29, 1.82) is 0 Å². The van der Waals surface area contributed by atoms with Crippen LogP contribution in [0.2, 0.25) is 0 Å². The minimum atomic E-state index is -0.113. The summed E-state index contributed by atoms with van der Waals surface area (Å²) in [6.07, 6.45) is 3.57. The van der Waals surface area contributed by atoms with Crippen LogP contribution in [0, 0.1) is 13.8 Å². The standard InChI is InChI=1S/C17H15BrN2O2/c1-10-5-11(2)17-12(9-22-14(17)6-10)7-16(21)20-15-4-3-13(18)8-19-15/h3-6,8-9H,7H2,1-2H3,(H,19,20,21). The Morgan fingerprint density at radius 2 is 2.14 bits per heavy atom. The number of aryl methyl sites for hydroxylation is 2. The number of hydrogen-bond acceptors (Lipinski definition) is 3. The van der Waals surface area contributed by atoms with Crippen molar-refractivity contribution in [2.45, 2.75) is 20.3 Å². The predicted octanol–water partition coefficient (Wildman–Crippen LogP) is 4.39. The van der Waals surface area contributed by atoms with E-state index >= 15 is 0 Å². The lowest BCUT2D eigenvalue weighted by atomic mass is 10.0. The molecule has 0 aliphatic heterocycles. The lowest BCUT2D eigenvalue weighted by molar-refractivity contribution is -0.115. The zero-order valence-electron chi connectivity index (χ0n) is 12.3. The molecule has 0 bridgehead atoms. The van der Waals surface area contributed by atoms with Crippen LogP contribution in [0.25, 0.3) is 11.0 Å². The molecule has 0 radical (unpaired) electrons. The first-order chi connectivity index (χ1) is 10.5. The van der Waals surface area contributed by atoms with Gasteiger partial charge in [0.15, 0.2) is 0 Å². The molecule has 1 aromatic carbocycles. The minimum Gasteiger partial charge on any atom is -0.464 e. The molecule has 0 aliphatic rings. The highest BCUT2D eigenvalue weighted by Gasteiger charge is 2.13. The van der Waals surface area contributed by atoms with Gasteiger partial charge in [-0.05, 0) is 59.1 Å². The molecule has 0 saturated carbocycles. The molecule has 0 spiro atoms. The van der Waals surface area contributed by atoms with Gasteiger partial charge < -0.3 is 9.73 Å². The van der Waals surface area contributed by atoms with Gasteiger partial charge in [-0.15, -0.1) is 0 Å².